The number of rotatable bonds is 10. The van der Waals surface area contributed by atoms with Crippen LogP contribution in [0.2, 0.25) is 0 Å². The van der Waals surface area contributed by atoms with Crippen molar-refractivity contribution in [2.24, 2.45) is 5.73 Å². The number of aromatic nitrogens is 1. The normalized spacial score (nSPS) is 12.8. The fourth-order valence-corrected chi connectivity index (χ4v) is 3.76. The Balaban J connectivity index is 2.16. The molecule has 0 aliphatic heterocycles. The van der Waals surface area contributed by atoms with E-state index < -0.39 is 18.0 Å². The topological polar surface area (TPSA) is 150 Å². The molecule has 0 saturated carbocycles. The average molecular weight is 419 g/mol. The highest BCUT2D eigenvalue weighted by atomic mass is 32.1. The molecule has 2 atom stereocenters. The van der Waals surface area contributed by atoms with Crippen LogP contribution in [0.5, 0.6) is 0 Å². The van der Waals surface area contributed by atoms with Crippen LogP contribution in [0.4, 0.5) is 0 Å². The molecule has 0 radical (unpaired) electrons. The van der Waals surface area contributed by atoms with Gasteiger partial charge in [0.25, 0.3) is 0 Å². The Kier molecular flexibility index (Phi) is 8.08. The number of nitrogens with two attached hydrogens (primary N) is 1. The molecule has 156 valence electrons. The van der Waals surface area contributed by atoms with E-state index in [1.54, 1.807) is 6.92 Å². The summed E-state index contributed by atoms with van der Waals surface area (Å²) in [5.74, 6) is -1.16. The van der Waals surface area contributed by atoms with E-state index in [4.69, 9.17) is 11.1 Å². The molecular formula is C19H26N6O3S. The van der Waals surface area contributed by atoms with E-state index in [2.05, 4.69) is 20.9 Å². The van der Waals surface area contributed by atoms with Crippen molar-refractivity contribution in [3.63, 3.8) is 0 Å². The summed E-state index contributed by atoms with van der Waals surface area (Å²) in [6, 6.07) is 5.94. The first-order valence-corrected chi connectivity index (χ1v) is 10.2. The smallest absolute Gasteiger partial charge is 0.243 e. The molecule has 10 heteroatoms. The van der Waals surface area contributed by atoms with Crippen molar-refractivity contribution in [2.45, 2.75) is 45.2 Å². The number of para-hydroxylation sites is 1. The maximum Gasteiger partial charge on any atom is 0.243 e. The number of thiazole rings is 1. The van der Waals surface area contributed by atoms with E-state index in [1.165, 1.54) is 18.3 Å². The molecular weight excluding hydrogens is 392 g/mol. The van der Waals surface area contributed by atoms with Gasteiger partial charge >= 0.3 is 0 Å². The summed E-state index contributed by atoms with van der Waals surface area (Å²) in [5.41, 5.74) is 6.01. The maximum atomic E-state index is 13.1. The Hall–Kier alpha value is -3.01. The van der Waals surface area contributed by atoms with Crippen molar-refractivity contribution >= 4 is 45.1 Å². The van der Waals surface area contributed by atoms with E-state index in [0.29, 0.717) is 30.8 Å². The minimum atomic E-state index is -0.792. The maximum absolute atomic E-state index is 13.1. The minimum absolute atomic E-state index is 0.153. The van der Waals surface area contributed by atoms with Crippen LogP contribution in [0.15, 0.2) is 24.3 Å². The molecule has 0 bridgehead atoms. The largest absolute Gasteiger partial charge is 0.370 e. The van der Waals surface area contributed by atoms with Gasteiger partial charge in [0.2, 0.25) is 17.6 Å². The number of hydrogen-bond donors (Lipinski definition) is 5. The van der Waals surface area contributed by atoms with Crippen molar-refractivity contribution in [3.05, 3.63) is 29.3 Å². The zero-order valence-corrected chi connectivity index (χ0v) is 17.3. The van der Waals surface area contributed by atoms with E-state index in [-0.39, 0.29) is 17.6 Å². The van der Waals surface area contributed by atoms with E-state index >= 15 is 0 Å². The predicted molar refractivity (Wildman–Crippen MR) is 113 cm³/mol. The number of ketones is 1. The van der Waals surface area contributed by atoms with Crippen molar-refractivity contribution in [1.29, 1.82) is 5.41 Å². The second-order valence-electron chi connectivity index (χ2n) is 6.56. The van der Waals surface area contributed by atoms with Gasteiger partial charge in [0.15, 0.2) is 11.0 Å². The molecule has 2 aromatic rings. The van der Waals surface area contributed by atoms with Crippen LogP contribution >= 0.6 is 11.3 Å². The van der Waals surface area contributed by atoms with Gasteiger partial charge in [0.05, 0.1) is 16.3 Å². The SMILES string of the molecule is CC[C@H](NC(C)=O)C(=O)NC(CCCNC(=N)N)C(=O)c1nc2ccccc2s1. The molecule has 1 aromatic heterocycles. The molecule has 0 spiro atoms. The van der Waals surface area contributed by atoms with Gasteiger partial charge in [-0.15, -0.1) is 11.3 Å². The lowest BCUT2D eigenvalue weighted by atomic mass is 10.1. The summed E-state index contributed by atoms with van der Waals surface area (Å²) < 4.78 is 0.892. The van der Waals surface area contributed by atoms with Crippen LogP contribution in [-0.4, -0.2) is 47.2 Å². The second kappa shape index (κ2) is 10.5. The first-order valence-electron chi connectivity index (χ1n) is 9.37. The van der Waals surface area contributed by atoms with Gasteiger partial charge < -0.3 is 21.7 Å². The fourth-order valence-electron chi connectivity index (χ4n) is 2.80. The predicted octanol–water partition coefficient (Wildman–Crippen LogP) is 1.14. The highest BCUT2D eigenvalue weighted by Crippen LogP contribution is 2.23. The molecule has 0 aliphatic rings. The van der Waals surface area contributed by atoms with Gasteiger partial charge in [-0.05, 0) is 31.4 Å². The highest BCUT2D eigenvalue weighted by molar-refractivity contribution is 7.20. The van der Waals surface area contributed by atoms with Crippen molar-refractivity contribution in [2.75, 3.05) is 6.54 Å². The lowest BCUT2D eigenvalue weighted by Gasteiger charge is -2.21. The number of hydrogen-bond acceptors (Lipinski definition) is 6. The second-order valence-corrected chi connectivity index (χ2v) is 7.59. The Morgan fingerprint density at radius 1 is 1.21 bits per heavy atom. The summed E-state index contributed by atoms with van der Waals surface area (Å²) in [6.07, 6.45) is 1.26. The quantitative estimate of drug-likeness (QED) is 0.169. The van der Waals surface area contributed by atoms with E-state index in [0.717, 1.165) is 10.2 Å². The van der Waals surface area contributed by atoms with E-state index in [9.17, 15) is 14.4 Å². The minimum Gasteiger partial charge on any atom is -0.370 e. The molecule has 2 rings (SSSR count). The van der Waals surface area contributed by atoms with Crippen molar-refractivity contribution in [3.8, 4) is 0 Å². The van der Waals surface area contributed by atoms with Crippen LogP contribution in [-0.2, 0) is 9.59 Å². The third kappa shape index (κ3) is 6.53. The van der Waals surface area contributed by atoms with Crippen LogP contribution in [0.25, 0.3) is 10.2 Å². The van der Waals surface area contributed by atoms with Gasteiger partial charge in [0, 0.05) is 13.5 Å². The Morgan fingerprint density at radius 3 is 2.55 bits per heavy atom. The standard InChI is InChI=1S/C19H26N6O3S/c1-3-12(23-11(2)26)17(28)24-14(8-6-10-22-19(20)21)16(27)18-25-13-7-4-5-9-15(13)29-18/h4-5,7,9,12,14H,3,6,8,10H2,1-2H3,(H,23,26)(H,24,28)(H4,20,21,22)/t12-,14?/m0/s1. The van der Waals surface area contributed by atoms with Gasteiger partial charge in [-0.3, -0.25) is 19.8 Å². The zero-order chi connectivity index (χ0) is 21.4. The molecule has 1 unspecified atom stereocenters. The first kappa shape index (κ1) is 22.3. The third-order valence-corrected chi connectivity index (χ3v) is 5.28. The summed E-state index contributed by atoms with van der Waals surface area (Å²) in [7, 11) is 0. The Labute approximate surface area is 173 Å². The third-order valence-electron chi connectivity index (χ3n) is 4.22. The molecule has 1 aromatic carbocycles. The van der Waals surface area contributed by atoms with E-state index in [1.807, 2.05) is 24.3 Å². The summed E-state index contributed by atoms with van der Waals surface area (Å²) >= 11 is 1.28. The lowest BCUT2D eigenvalue weighted by Crippen LogP contribution is -2.51. The summed E-state index contributed by atoms with van der Waals surface area (Å²) in [5, 5.41) is 15.5. The zero-order valence-electron chi connectivity index (χ0n) is 16.5. The molecule has 1 heterocycles. The van der Waals surface area contributed by atoms with Crippen LogP contribution < -0.4 is 21.7 Å². The first-order chi connectivity index (χ1) is 13.8. The van der Waals surface area contributed by atoms with Gasteiger partial charge in [-0.25, -0.2) is 4.98 Å². The Morgan fingerprint density at radius 2 is 1.93 bits per heavy atom. The van der Waals surface area contributed by atoms with Crippen LogP contribution in [0.1, 0.15) is 42.9 Å². The molecule has 0 saturated heterocycles. The molecule has 29 heavy (non-hydrogen) atoms. The number of guanidine groups is 1. The van der Waals surface area contributed by atoms with Crippen molar-refractivity contribution < 1.29 is 14.4 Å². The molecule has 2 amide bonds. The van der Waals surface area contributed by atoms with Crippen LogP contribution in [0, 0.1) is 5.41 Å². The van der Waals surface area contributed by atoms with Crippen molar-refractivity contribution in [1.82, 2.24) is 20.9 Å². The molecule has 0 fully saturated rings. The number of Topliss-reactive ketones (excluding diaryl/α,β-unsaturated/α-hetero) is 1. The number of benzene rings is 1. The number of amides is 2. The number of fused-ring (bicyclic) bond motifs is 1. The number of nitrogens with zero attached hydrogens (tertiary/aromatic N) is 1. The summed E-state index contributed by atoms with van der Waals surface area (Å²) in [4.78, 5) is 41.4. The van der Waals surface area contributed by atoms with Gasteiger partial charge in [-0.2, -0.15) is 0 Å². The monoisotopic (exact) mass is 418 g/mol. The number of carbonyl (C=O) groups excluding carboxylic acids is 3. The lowest BCUT2D eigenvalue weighted by molar-refractivity contribution is -0.128. The van der Waals surface area contributed by atoms with Gasteiger partial charge in [0.1, 0.15) is 6.04 Å². The van der Waals surface area contributed by atoms with Gasteiger partial charge in [-0.1, -0.05) is 19.1 Å². The Bertz CT molecular complexity index is 864. The number of nitrogens with one attached hydrogen (secondary N) is 4. The number of carbonyl (C=O) groups is 3. The average Bonchev–Trinajstić information content (AvgIpc) is 3.11. The molecule has 0 aliphatic carbocycles. The molecule has 9 nitrogen and oxygen atoms in total. The molecule has 6 N–H and O–H groups in total. The fraction of sp³-hybridized carbons (Fsp3) is 0.421. The highest BCUT2D eigenvalue weighted by Gasteiger charge is 2.27. The summed E-state index contributed by atoms with van der Waals surface area (Å²) in [6.45, 7) is 3.52. The van der Waals surface area contributed by atoms with Crippen LogP contribution in [0.3, 0.4) is 0 Å².